The number of methoxy groups -OCH3 is 1. The normalized spacial score (nSPS) is 12.8. The fraction of sp³-hybridized carbons (Fsp3) is 0.600. The van der Waals surface area contributed by atoms with Crippen LogP contribution in [0.4, 0.5) is 0 Å². The monoisotopic (exact) mass is 274 g/mol. The van der Waals surface area contributed by atoms with Crippen LogP contribution < -0.4 is 0 Å². The molecule has 0 fully saturated rings. The Morgan fingerprint density at radius 2 is 2.40 bits per heavy atom. The number of ketones is 1. The Labute approximate surface area is 97.7 Å². The number of nitrogens with zero attached hydrogens (tertiary/aromatic N) is 2. The molecule has 5 heteroatoms. The molecule has 0 saturated carbocycles. The predicted octanol–water partition coefficient (Wildman–Crippen LogP) is 2.18. The zero-order chi connectivity index (χ0) is 11.4. The molecule has 0 N–H and O–H groups in total. The Kier molecular flexibility index (Phi) is 4.47. The van der Waals surface area contributed by atoms with Gasteiger partial charge in [-0.1, -0.05) is 0 Å². The van der Waals surface area contributed by atoms with Crippen molar-refractivity contribution in [3.8, 4) is 0 Å². The molecule has 1 heterocycles. The van der Waals surface area contributed by atoms with Crippen LogP contribution in [0.3, 0.4) is 0 Å². The fourth-order valence-electron chi connectivity index (χ4n) is 1.30. The van der Waals surface area contributed by atoms with Crippen molar-refractivity contribution in [3.63, 3.8) is 0 Å². The van der Waals surface area contributed by atoms with Gasteiger partial charge in [0.15, 0.2) is 5.78 Å². The van der Waals surface area contributed by atoms with Gasteiger partial charge in [-0.2, -0.15) is 5.10 Å². The summed E-state index contributed by atoms with van der Waals surface area (Å²) in [5.74, 6) is 0.0887. The summed E-state index contributed by atoms with van der Waals surface area (Å²) in [5.41, 5.74) is 0.623. The molecular weight excluding hydrogens is 260 g/mol. The van der Waals surface area contributed by atoms with Gasteiger partial charge in [0.05, 0.1) is 16.8 Å². The van der Waals surface area contributed by atoms with Crippen LogP contribution in [-0.4, -0.2) is 28.8 Å². The van der Waals surface area contributed by atoms with E-state index in [1.165, 1.54) is 0 Å². The lowest BCUT2D eigenvalue weighted by Gasteiger charge is -2.08. The third-order valence-electron chi connectivity index (χ3n) is 2.34. The summed E-state index contributed by atoms with van der Waals surface area (Å²) in [6.07, 6.45) is 2.95. The van der Waals surface area contributed by atoms with Crippen LogP contribution in [0.15, 0.2) is 10.7 Å². The number of carbonyl (C=O) groups is 1. The molecule has 0 radical (unpaired) electrons. The Morgan fingerprint density at radius 3 is 2.87 bits per heavy atom. The summed E-state index contributed by atoms with van der Waals surface area (Å²) in [4.78, 5) is 11.8. The summed E-state index contributed by atoms with van der Waals surface area (Å²) in [6, 6.07) is 0. The Balaban J connectivity index is 2.62. The third kappa shape index (κ3) is 3.14. The number of ether oxygens (including phenoxy) is 1. The average Bonchev–Trinajstić information content (AvgIpc) is 2.54. The van der Waals surface area contributed by atoms with Crippen LogP contribution in [0.1, 0.15) is 30.3 Å². The van der Waals surface area contributed by atoms with Gasteiger partial charge in [0.2, 0.25) is 0 Å². The van der Waals surface area contributed by atoms with E-state index in [1.54, 1.807) is 25.0 Å². The lowest BCUT2D eigenvalue weighted by molar-refractivity contribution is 0.0870. The van der Waals surface area contributed by atoms with E-state index in [2.05, 4.69) is 21.0 Å². The number of aryl methyl sites for hydroxylation is 1. The molecule has 4 nitrogen and oxygen atoms in total. The zero-order valence-electron chi connectivity index (χ0n) is 9.16. The highest BCUT2D eigenvalue weighted by Crippen LogP contribution is 2.18. The van der Waals surface area contributed by atoms with Crippen LogP contribution in [0, 0.1) is 0 Å². The number of hydrogen-bond acceptors (Lipinski definition) is 3. The third-order valence-corrected chi connectivity index (χ3v) is 2.92. The molecule has 1 aromatic rings. The molecule has 15 heavy (non-hydrogen) atoms. The molecule has 1 aromatic heterocycles. The molecule has 0 aliphatic carbocycles. The van der Waals surface area contributed by atoms with Crippen LogP contribution >= 0.6 is 15.9 Å². The van der Waals surface area contributed by atoms with Crippen molar-refractivity contribution in [2.45, 2.75) is 25.9 Å². The number of aromatic nitrogens is 2. The van der Waals surface area contributed by atoms with E-state index >= 15 is 0 Å². The van der Waals surface area contributed by atoms with Crippen molar-refractivity contribution in [3.05, 3.63) is 16.4 Å². The van der Waals surface area contributed by atoms with E-state index in [9.17, 15) is 4.79 Å². The molecule has 0 aliphatic rings. The number of halogens is 1. The van der Waals surface area contributed by atoms with E-state index in [0.29, 0.717) is 12.1 Å². The second kappa shape index (κ2) is 5.42. The molecule has 0 amide bonds. The maximum atomic E-state index is 11.8. The second-order valence-corrected chi connectivity index (χ2v) is 4.33. The molecule has 1 unspecified atom stereocenters. The number of carbonyl (C=O) groups excluding carboxylic acids is 1. The van der Waals surface area contributed by atoms with Gasteiger partial charge in [-0.05, 0) is 29.3 Å². The van der Waals surface area contributed by atoms with Crippen molar-refractivity contribution in [1.29, 1.82) is 0 Å². The van der Waals surface area contributed by atoms with Crippen LogP contribution in [0.5, 0.6) is 0 Å². The molecular formula is C10H15BrN2O2. The minimum absolute atomic E-state index is 0.0887. The maximum Gasteiger partial charge on any atom is 0.182 e. The van der Waals surface area contributed by atoms with Crippen molar-refractivity contribution in [1.82, 2.24) is 9.78 Å². The van der Waals surface area contributed by atoms with Gasteiger partial charge in [-0.3, -0.25) is 9.48 Å². The minimum atomic E-state index is 0.0887. The second-order valence-electron chi connectivity index (χ2n) is 3.47. The zero-order valence-corrected chi connectivity index (χ0v) is 10.7. The number of Topliss-reactive ketones (excluding diaryl/α,β-unsaturated/α-hetero) is 1. The van der Waals surface area contributed by atoms with Gasteiger partial charge >= 0.3 is 0 Å². The maximum absolute atomic E-state index is 11.8. The Hall–Kier alpha value is -0.680. The topological polar surface area (TPSA) is 44.1 Å². The van der Waals surface area contributed by atoms with Crippen molar-refractivity contribution < 1.29 is 9.53 Å². The fourth-order valence-corrected chi connectivity index (χ4v) is 1.86. The highest BCUT2D eigenvalue weighted by atomic mass is 79.9. The van der Waals surface area contributed by atoms with Crippen molar-refractivity contribution in [2.24, 2.45) is 7.05 Å². The molecule has 0 spiro atoms. The smallest absolute Gasteiger partial charge is 0.182 e. The lowest BCUT2D eigenvalue weighted by atomic mass is 10.1. The molecule has 0 aromatic carbocycles. The van der Waals surface area contributed by atoms with Gasteiger partial charge in [-0.15, -0.1) is 0 Å². The first-order valence-corrected chi connectivity index (χ1v) is 5.59. The summed E-state index contributed by atoms with van der Waals surface area (Å²) in [6.45, 7) is 1.95. The van der Waals surface area contributed by atoms with Crippen LogP contribution in [0.2, 0.25) is 0 Å². The van der Waals surface area contributed by atoms with Crippen molar-refractivity contribution in [2.75, 3.05) is 7.11 Å². The lowest BCUT2D eigenvalue weighted by Crippen LogP contribution is -2.12. The van der Waals surface area contributed by atoms with Gasteiger partial charge < -0.3 is 4.74 Å². The van der Waals surface area contributed by atoms with E-state index in [4.69, 9.17) is 4.74 Å². The summed E-state index contributed by atoms with van der Waals surface area (Å²) in [5, 5.41) is 4.00. The molecule has 84 valence electrons. The molecule has 0 aliphatic heterocycles. The van der Waals surface area contributed by atoms with Crippen LogP contribution in [0.25, 0.3) is 0 Å². The molecule has 0 bridgehead atoms. The van der Waals surface area contributed by atoms with Crippen LogP contribution in [-0.2, 0) is 11.8 Å². The Bertz CT molecular complexity index is 330. The van der Waals surface area contributed by atoms with Gasteiger partial charge in [0, 0.05) is 20.6 Å². The summed E-state index contributed by atoms with van der Waals surface area (Å²) >= 11 is 3.31. The largest absolute Gasteiger partial charge is 0.382 e. The van der Waals surface area contributed by atoms with E-state index in [1.807, 2.05) is 6.92 Å². The first-order valence-electron chi connectivity index (χ1n) is 4.79. The number of rotatable bonds is 5. The molecule has 1 rings (SSSR count). The summed E-state index contributed by atoms with van der Waals surface area (Å²) in [7, 11) is 3.41. The van der Waals surface area contributed by atoms with Crippen molar-refractivity contribution >= 4 is 21.7 Å². The standard InChI is InChI=1S/C10H15BrN2O2/c1-7(15-3)4-5-9(14)10-8(11)6-12-13(10)2/h6-7H,4-5H2,1-3H3. The van der Waals surface area contributed by atoms with E-state index in [-0.39, 0.29) is 11.9 Å². The quantitative estimate of drug-likeness (QED) is 0.774. The summed E-state index contributed by atoms with van der Waals surface area (Å²) < 4.78 is 7.43. The SMILES string of the molecule is COC(C)CCC(=O)c1c(Br)cnn1C. The first kappa shape index (κ1) is 12.4. The Morgan fingerprint density at radius 1 is 1.73 bits per heavy atom. The minimum Gasteiger partial charge on any atom is -0.382 e. The van der Waals surface area contributed by atoms with E-state index in [0.717, 1.165) is 10.9 Å². The van der Waals surface area contributed by atoms with E-state index < -0.39 is 0 Å². The highest BCUT2D eigenvalue weighted by Gasteiger charge is 2.15. The highest BCUT2D eigenvalue weighted by molar-refractivity contribution is 9.10. The van der Waals surface area contributed by atoms with Gasteiger partial charge in [0.25, 0.3) is 0 Å². The average molecular weight is 275 g/mol. The molecule has 1 atom stereocenters. The first-order chi connectivity index (χ1) is 7.06. The number of hydrogen-bond donors (Lipinski definition) is 0. The van der Waals surface area contributed by atoms with Gasteiger partial charge in [0.1, 0.15) is 5.69 Å². The molecule has 0 saturated heterocycles. The predicted molar refractivity (Wildman–Crippen MR) is 60.9 cm³/mol. The van der Waals surface area contributed by atoms with Gasteiger partial charge in [-0.25, -0.2) is 0 Å².